The molecule has 2 aromatic rings. The summed E-state index contributed by atoms with van der Waals surface area (Å²) in [4.78, 5) is 0. The third-order valence-corrected chi connectivity index (χ3v) is 5.15. The van der Waals surface area contributed by atoms with Crippen LogP contribution in [-0.4, -0.2) is 16.1 Å². The quantitative estimate of drug-likeness (QED) is 0.182. The molecule has 3 rings (SSSR count). The Labute approximate surface area is 232 Å². The molecule has 5 heteroatoms. The molecule has 0 spiro atoms. The Balaban J connectivity index is -0.000000432. The van der Waals surface area contributed by atoms with Gasteiger partial charge in [-0.25, -0.2) is 0 Å². The molecule has 0 bridgehead atoms. The van der Waals surface area contributed by atoms with Crippen molar-refractivity contribution in [2.45, 2.75) is 90.6 Å². The second-order valence-corrected chi connectivity index (χ2v) is 9.06. The van der Waals surface area contributed by atoms with Crippen molar-refractivity contribution in [1.82, 2.24) is 0 Å². The van der Waals surface area contributed by atoms with E-state index in [0.717, 1.165) is 22.4 Å². The zero-order valence-corrected chi connectivity index (χ0v) is 26.6. The first-order valence-electron chi connectivity index (χ1n) is 11.7. The van der Waals surface area contributed by atoms with Crippen molar-refractivity contribution < 1.29 is 50.7 Å². The van der Waals surface area contributed by atoms with Crippen LogP contribution in [0.5, 0.6) is 0 Å². The third kappa shape index (κ3) is 15.8. The molecular formula is C27H42Cl2HfNSi. The van der Waals surface area contributed by atoms with E-state index in [-0.39, 0.29) is 50.7 Å². The molecule has 32 heavy (non-hydrogen) atoms. The molecule has 0 heterocycles. The molecule has 1 aliphatic rings. The molecule has 1 radical (unpaired) electrons. The van der Waals surface area contributed by atoms with E-state index in [4.69, 9.17) is 5.73 Å². The minimum Gasteiger partial charge on any atom is -1.00 e. The first-order valence-corrected chi connectivity index (χ1v) is 14.1. The van der Waals surface area contributed by atoms with Gasteiger partial charge in [-0.2, -0.15) is 36.4 Å². The predicted molar refractivity (Wildman–Crippen MR) is 133 cm³/mol. The summed E-state index contributed by atoms with van der Waals surface area (Å²) >= 11 is 0. The molecule has 2 aromatic carbocycles. The van der Waals surface area contributed by atoms with E-state index in [9.17, 15) is 0 Å². The minimum absolute atomic E-state index is 0. The first kappa shape index (κ1) is 36.6. The Hall–Kier alpha value is 0.0670. The van der Waals surface area contributed by atoms with Crippen molar-refractivity contribution in [3.63, 3.8) is 0 Å². The molecule has 1 N–H and O–H groups in total. The van der Waals surface area contributed by atoms with Gasteiger partial charge >= 0.3 is 25.8 Å². The van der Waals surface area contributed by atoms with Crippen molar-refractivity contribution in [2.75, 3.05) is 6.54 Å². The average Bonchev–Trinajstić information content (AvgIpc) is 3.12. The Morgan fingerprint density at radius 2 is 1.28 bits per heavy atom. The third-order valence-electron chi connectivity index (χ3n) is 5.15. The molecule has 0 fully saturated rings. The van der Waals surface area contributed by atoms with Crippen LogP contribution in [0.4, 0.5) is 0 Å². The monoisotopic (exact) mass is 658 g/mol. The van der Waals surface area contributed by atoms with Crippen molar-refractivity contribution in [2.24, 2.45) is 0 Å². The number of benzene rings is 2. The summed E-state index contributed by atoms with van der Waals surface area (Å²) < 4.78 is 0. The smallest absolute Gasteiger partial charge is 1.00 e. The Morgan fingerprint density at radius 1 is 0.781 bits per heavy atom. The summed E-state index contributed by atoms with van der Waals surface area (Å²) in [6.07, 6.45) is 14.7. The van der Waals surface area contributed by atoms with Gasteiger partial charge in [-0.15, -0.1) is 5.56 Å². The minimum atomic E-state index is 0. The van der Waals surface area contributed by atoms with Gasteiger partial charge in [0, 0.05) is 9.52 Å². The maximum Gasteiger partial charge on any atom is 4.00 e. The SMILES string of the molecule is CCCCCCCCCCCC[NH-].C[SiH]C.[Cl-].[Cl-].[Hf+4].[c-]1cccc2c1Cc1ccccc1-2. The molecule has 0 amide bonds. The van der Waals surface area contributed by atoms with E-state index >= 15 is 0 Å². The molecule has 177 valence electrons. The number of halogens is 2. The van der Waals surface area contributed by atoms with Gasteiger partial charge in [0.2, 0.25) is 0 Å². The van der Waals surface area contributed by atoms with Crippen molar-refractivity contribution in [3.8, 4) is 11.1 Å². The fourth-order valence-electron chi connectivity index (χ4n) is 3.61. The first-order chi connectivity index (χ1) is 14.3. The Kier molecular flexibility index (Phi) is 29.4. The van der Waals surface area contributed by atoms with Crippen LogP contribution in [0, 0.1) is 6.07 Å². The molecule has 0 saturated carbocycles. The van der Waals surface area contributed by atoms with Crippen molar-refractivity contribution in [1.29, 1.82) is 0 Å². The second kappa shape index (κ2) is 25.7. The summed E-state index contributed by atoms with van der Waals surface area (Å²) in [6, 6.07) is 18.1. The van der Waals surface area contributed by atoms with Crippen LogP contribution >= 0.6 is 0 Å². The molecule has 1 nitrogen and oxygen atoms in total. The summed E-state index contributed by atoms with van der Waals surface area (Å²) in [5.74, 6) is 0. The summed E-state index contributed by atoms with van der Waals surface area (Å²) in [5.41, 5.74) is 12.5. The Bertz CT molecular complexity index is 602. The number of rotatable bonds is 10. The van der Waals surface area contributed by atoms with Crippen LogP contribution in [0.2, 0.25) is 13.1 Å². The molecule has 0 unspecified atom stereocenters. The standard InChI is InChI=1S/C13H9.C12H26N.C2H7Si.2ClH.Hf/c1-3-7-12-10(5-1)9-11-6-2-4-8-13(11)12;1-2-3-4-5-6-7-8-9-10-11-12-13;1-3-2;;;/h1-5,7-8H,9H2;13H,2-12H2,1H3;3H,1-2H3;2*1H;/q2*-1;;;;+4/p-2. The number of hydrogen-bond donors (Lipinski definition) is 0. The predicted octanol–water partition coefficient (Wildman–Crippen LogP) is 2.54. The summed E-state index contributed by atoms with van der Waals surface area (Å²) in [7, 11) is 0.750. The number of nitrogens with one attached hydrogen (secondary N) is 1. The molecule has 0 atom stereocenters. The second-order valence-electron chi connectivity index (χ2n) is 7.91. The van der Waals surface area contributed by atoms with Crippen molar-refractivity contribution >= 4 is 9.52 Å². The van der Waals surface area contributed by atoms with Gasteiger partial charge in [0.25, 0.3) is 0 Å². The zero-order valence-electron chi connectivity index (χ0n) is 20.4. The van der Waals surface area contributed by atoms with Crippen LogP contribution in [0.15, 0.2) is 42.5 Å². The Morgan fingerprint density at radius 3 is 1.84 bits per heavy atom. The van der Waals surface area contributed by atoms with E-state index in [1.807, 2.05) is 6.07 Å². The number of fused-ring (bicyclic) bond motifs is 3. The summed E-state index contributed by atoms with van der Waals surface area (Å²) in [5, 5.41) is 0. The number of unbranched alkanes of at least 4 members (excludes halogenated alkanes) is 9. The van der Waals surface area contributed by atoms with Gasteiger partial charge in [-0.05, 0) is 6.42 Å². The molecular weight excluding hydrogens is 616 g/mol. The van der Waals surface area contributed by atoms with Gasteiger partial charge < -0.3 is 30.5 Å². The van der Waals surface area contributed by atoms with E-state index in [1.54, 1.807) is 0 Å². The normalized spacial score (nSPS) is 9.88. The van der Waals surface area contributed by atoms with E-state index in [1.165, 1.54) is 80.0 Å². The fourth-order valence-corrected chi connectivity index (χ4v) is 3.61. The van der Waals surface area contributed by atoms with Crippen LogP contribution in [0.3, 0.4) is 0 Å². The van der Waals surface area contributed by atoms with E-state index in [0.29, 0.717) is 6.54 Å². The van der Waals surface area contributed by atoms with Gasteiger partial charge in [0.15, 0.2) is 0 Å². The van der Waals surface area contributed by atoms with Gasteiger partial charge in [0.05, 0.1) is 0 Å². The average molecular weight is 658 g/mol. The summed E-state index contributed by atoms with van der Waals surface area (Å²) in [6.45, 7) is 7.30. The topological polar surface area (TPSA) is 23.8 Å². The largest absolute Gasteiger partial charge is 4.00 e. The molecule has 1 aliphatic carbocycles. The fraction of sp³-hybridized carbons (Fsp3) is 0.556. The zero-order chi connectivity index (χ0) is 21.2. The van der Waals surface area contributed by atoms with E-state index in [2.05, 4.69) is 62.5 Å². The maximum atomic E-state index is 7.00. The van der Waals surface area contributed by atoms with Crippen LogP contribution < -0.4 is 24.8 Å². The van der Waals surface area contributed by atoms with Crippen LogP contribution in [0.1, 0.15) is 82.3 Å². The number of hydrogen-bond acceptors (Lipinski definition) is 0. The van der Waals surface area contributed by atoms with Gasteiger partial charge in [0.1, 0.15) is 0 Å². The molecule has 0 saturated heterocycles. The molecule has 0 aromatic heterocycles. The molecule has 0 aliphatic heterocycles. The van der Waals surface area contributed by atoms with Gasteiger partial charge in [-0.3, -0.25) is 0 Å². The van der Waals surface area contributed by atoms with E-state index < -0.39 is 0 Å². The maximum absolute atomic E-state index is 7.00. The van der Waals surface area contributed by atoms with Crippen molar-refractivity contribution in [3.05, 3.63) is 65.4 Å². The van der Waals surface area contributed by atoms with Gasteiger partial charge in [-0.1, -0.05) is 120 Å². The van der Waals surface area contributed by atoms with Crippen LogP contribution in [0.25, 0.3) is 16.9 Å². The van der Waals surface area contributed by atoms with Crippen LogP contribution in [-0.2, 0) is 32.3 Å².